The summed E-state index contributed by atoms with van der Waals surface area (Å²) in [5, 5.41) is 3.01. The highest BCUT2D eigenvalue weighted by atomic mass is 19.4. The summed E-state index contributed by atoms with van der Waals surface area (Å²) in [6.07, 6.45) is -3.59. The standard InChI is InChI=1S/C14H21F3N2O/c1-10(2)9-20-7-3-6-19-13-5-4-11(8-12(13)18)14(15,16)17/h4-5,8,10,19H,3,6-7,9,18H2,1-2H3. The Balaban J connectivity index is 2.38. The molecule has 0 spiro atoms. The van der Waals surface area contributed by atoms with E-state index < -0.39 is 11.7 Å². The number of ether oxygens (including phenoxy) is 1. The van der Waals surface area contributed by atoms with Crippen LogP contribution in [0.1, 0.15) is 25.8 Å². The molecule has 0 aliphatic heterocycles. The van der Waals surface area contributed by atoms with Crippen LogP contribution in [0.25, 0.3) is 0 Å². The van der Waals surface area contributed by atoms with Gasteiger partial charge in [-0.15, -0.1) is 0 Å². The first-order valence-electron chi connectivity index (χ1n) is 6.59. The Bertz CT molecular complexity index is 419. The fraction of sp³-hybridized carbons (Fsp3) is 0.571. The van der Waals surface area contributed by atoms with Gasteiger partial charge in [-0.25, -0.2) is 0 Å². The molecule has 0 aliphatic rings. The Labute approximate surface area is 117 Å². The largest absolute Gasteiger partial charge is 0.416 e. The quantitative estimate of drug-likeness (QED) is 0.593. The molecule has 0 saturated carbocycles. The number of nitrogens with one attached hydrogen (secondary N) is 1. The van der Waals surface area contributed by atoms with Gasteiger partial charge < -0.3 is 15.8 Å². The van der Waals surface area contributed by atoms with Crippen LogP contribution in [0.3, 0.4) is 0 Å². The highest BCUT2D eigenvalue weighted by molar-refractivity contribution is 5.67. The maximum absolute atomic E-state index is 12.5. The number of hydrogen-bond donors (Lipinski definition) is 2. The van der Waals surface area contributed by atoms with Crippen molar-refractivity contribution in [2.24, 2.45) is 5.92 Å². The molecular weight excluding hydrogens is 269 g/mol. The Morgan fingerprint density at radius 3 is 2.55 bits per heavy atom. The summed E-state index contributed by atoms with van der Waals surface area (Å²) >= 11 is 0. The van der Waals surface area contributed by atoms with Crippen LogP contribution < -0.4 is 11.1 Å². The van der Waals surface area contributed by atoms with E-state index in [1.54, 1.807) is 0 Å². The van der Waals surface area contributed by atoms with Crippen molar-refractivity contribution in [2.45, 2.75) is 26.4 Å². The second kappa shape index (κ2) is 7.38. The molecule has 3 nitrogen and oxygen atoms in total. The lowest BCUT2D eigenvalue weighted by molar-refractivity contribution is -0.137. The summed E-state index contributed by atoms with van der Waals surface area (Å²) in [4.78, 5) is 0. The van der Waals surface area contributed by atoms with Crippen LogP contribution in [-0.2, 0) is 10.9 Å². The van der Waals surface area contributed by atoms with Gasteiger partial charge in [-0.05, 0) is 30.5 Å². The minimum Gasteiger partial charge on any atom is -0.397 e. The van der Waals surface area contributed by atoms with Gasteiger partial charge in [0.15, 0.2) is 0 Å². The first kappa shape index (κ1) is 16.6. The van der Waals surface area contributed by atoms with Crippen molar-refractivity contribution in [1.29, 1.82) is 0 Å². The lowest BCUT2D eigenvalue weighted by atomic mass is 10.1. The third kappa shape index (κ3) is 5.69. The minimum atomic E-state index is -4.36. The predicted octanol–water partition coefficient (Wildman–Crippen LogP) is 3.76. The monoisotopic (exact) mass is 290 g/mol. The molecule has 0 amide bonds. The molecule has 1 aromatic carbocycles. The lowest BCUT2D eigenvalue weighted by Gasteiger charge is -2.13. The van der Waals surface area contributed by atoms with Crippen LogP contribution in [0, 0.1) is 5.92 Å². The van der Waals surface area contributed by atoms with Crippen molar-refractivity contribution in [3.05, 3.63) is 23.8 Å². The third-order valence-electron chi connectivity index (χ3n) is 2.61. The average Bonchev–Trinajstić information content (AvgIpc) is 2.33. The number of benzene rings is 1. The summed E-state index contributed by atoms with van der Waals surface area (Å²) in [5.74, 6) is 0.494. The van der Waals surface area contributed by atoms with Crippen molar-refractivity contribution in [3.63, 3.8) is 0 Å². The summed E-state index contributed by atoms with van der Waals surface area (Å²) in [5.41, 5.74) is 5.49. The van der Waals surface area contributed by atoms with E-state index in [1.165, 1.54) is 6.07 Å². The second-order valence-corrected chi connectivity index (χ2v) is 5.05. The first-order valence-corrected chi connectivity index (χ1v) is 6.59. The maximum atomic E-state index is 12.5. The van der Waals surface area contributed by atoms with Crippen molar-refractivity contribution in [1.82, 2.24) is 0 Å². The van der Waals surface area contributed by atoms with E-state index in [9.17, 15) is 13.2 Å². The number of alkyl halides is 3. The molecule has 0 aliphatic carbocycles. The van der Waals surface area contributed by atoms with Crippen molar-refractivity contribution in [3.8, 4) is 0 Å². The van der Waals surface area contributed by atoms with Gasteiger partial charge in [-0.3, -0.25) is 0 Å². The number of rotatable bonds is 7. The zero-order chi connectivity index (χ0) is 15.2. The van der Waals surface area contributed by atoms with E-state index in [0.717, 1.165) is 18.6 Å². The summed E-state index contributed by atoms with van der Waals surface area (Å²) < 4.78 is 42.8. The molecule has 3 N–H and O–H groups in total. The molecule has 0 aromatic heterocycles. The molecule has 0 fully saturated rings. The first-order chi connectivity index (χ1) is 9.30. The number of nitrogens with two attached hydrogens (primary N) is 1. The molecule has 0 atom stereocenters. The van der Waals surface area contributed by atoms with Crippen molar-refractivity contribution >= 4 is 11.4 Å². The Morgan fingerprint density at radius 1 is 1.30 bits per heavy atom. The molecule has 20 heavy (non-hydrogen) atoms. The molecule has 0 bridgehead atoms. The molecular formula is C14H21F3N2O. The van der Waals surface area contributed by atoms with E-state index in [4.69, 9.17) is 10.5 Å². The van der Waals surface area contributed by atoms with Crippen LogP contribution >= 0.6 is 0 Å². The van der Waals surface area contributed by atoms with Crippen LogP contribution in [0.2, 0.25) is 0 Å². The van der Waals surface area contributed by atoms with Crippen molar-refractivity contribution in [2.75, 3.05) is 30.8 Å². The zero-order valence-corrected chi connectivity index (χ0v) is 11.8. The van der Waals surface area contributed by atoms with Gasteiger partial charge in [-0.1, -0.05) is 13.8 Å². The Hall–Kier alpha value is -1.43. The normalized spacial score (nSPS) is 11.9. The molecule has 0 unspecified atom stereocenters. The van der Waals surface area contributed by atoms with Crippen LogP contribution in [0.5, 0.6) is 0 Å². The second-order valence-electron chi connectivity index (χ2n) is 5.05. The van der Waals surface area contributed by atoms with E-state index >= 15 is 0 Å². The smallest absolute Gasteiger partial charge is 0.397 e. The lowest BCUT2D eigenvalue weighted by Crippen LogP contribution is -2.11. The van der Waals surface area contributed by atoms with Gasteiger partial charge in [0.25, 0.3) is 0 Å². The molecule has 1 aromatic rings. The molecule has 0 radical (unpaired) electrons. The fourth-order valence-electron chi connectivity index (χ4n) is 1.62. The molecule has 6 heteroatoms. The average molecular weight is 290 g/mol. The van der Waals surface area contributed by atoms with Gasteiger partial charge in [0.1, 0.15) is 0 Å². The number of nitrogen functional groups attached to an aromatic ring is 1. The zero-order valence-electron chi connectivity index (χ0n) is 11.8. The van der Waals surface area contributed by atoms with Gasteiger partial charge in [0.2, 0.25) is 0 Å². The van der Waals surface area contributed by atoms with Gasteiger partial charge in [0, 0.05) is 19.8 Å². The summed E-state index contributed by atoms with van der Waals surface area (Å²) in [6.45, 7) is 6.07. The Morgan fingerprint density at radius 2 is 2.00 bits per heavy atom. The third-order valence-corrected chi connectivity index (χ3v) is 2.61. The van der Waals surface area contributed by atoms with E-state index in [1.807, 2.05) is 0 Å². The Kier molecular flexibility index (Phi) is 6.13. The van der Waals surface area contributed by atoms with Gasteiger partial charge in [0.05, 0.1) is 16.9 Å². The minimum absolute atomic E-state index is 0.0999. The number of hydrogen-bond acceptors (Lipinski definition) is 3. The maximum Gasteiger partial charge on any atom is 0.416 e. The topological polar surface area (TPSA) is 47.3 Å². The highest BCUT2D eigenvalue weighted by Crippen LogP contribution is 2.32. The SMILES string of the molecule is CC(C)COCCCNc1ccc(C(F)(F)F)cc1N. The van der Waals surface area contributed by atoms with Crippen LogP contribution in [-0.4, -0.2) is 19.8 Å². The van der Waals surface area contributed by atoms with Gasteiger partial charge in [-0.2, -0.15) is 13.2 Å². The number of anilines is 2. The fourth-order valence-corrected chi connectivity index (χ4v) is 1.62. The van der Waals surface area contributed by atoms with E-state index in [-0.39, 0.29) is 5.69 Å². The van der Waals surface area contributed by atoms with Crippen LogP contribution in [0.15, 0.2) is 18.2 Å². The van der Waals surface area contributed by atoms with Gasteiger partial charge >= 0.3 is 6.18 Å². The molecule has 114 valence electrons. The summed E-state index contributed by atoms with van der Waals surface area (Å²) in [7, 11) is 0. The van der Waals surface area contributed by atoms with Crippen LogP contribution in [0.4, 0.5) is 24.5 Å². The number of halogens is 3. The molecule has 0 saturated heterocycles. The highest BCUT2D eigenvalue weighted by Gasteiger charge is 2.30. The predicted molar refractivity (Wildman–Crippen MR) is 74.6 cm³/mol. The molecule has 1 rings (SSSR count). The van der Waals surface area contributed by atoms with E-state index in [2.05, 4.69) is 19.2 Å². The molecule has 0 heterocycles. The van der Waals surface area contributed by atoms with E-state index in [0.29, 0.717) is 31.4 Å². The summed E-state index contributed by atoms with van der Waals surface area (Å²) in [6, 6.07) is 3.32. The van der Waals surface area contributed by atoms with Crippen molar-refractivity contribution < 1.29 is 17.9 Å².